The predicted molar refractivity (Wildman–Crippen MR) is 63.3 cm³/mol. The van der Waals surface area contributed by atoms with Gasteiger partial charge in [0.05, 0.1) is 0 Å². The summed E-state index contributed by atoms with van der Waals surface area (Å²) in [7, 11) is 0. The first-order valence-electron chi connectivity index (χ1n) is 5.83. The summed E-state index contributed by atoms with van der Waals surface area (Å²) in [6.07, 6.45) is 2.21. The summed E-state index contributed by atoms with van der Waals surface area (Å²) in [4.78, 5) is 12.0. The van der Waals surface area contributed by atoms with Crippen LogP contribution in [0.1, 0.15) is 29.6 Å². The first kappa shape index (κ1) is 12.0. The number of benzene rings is 1. The molecule has 92 valence electrons. The number of ketones is 1. The molecular weight excluding hydrogens is 221 g/mol. The van der Waals surface area contributed by atoms with Crippen molar-refractivity contribution in [2.75, 3.05) is 18.9 Å². The third-order valence-corrected chi connectivity index (χ3v) is 3.13. The van der Waals surface area contributed by atoms with Crippen LogP contribution in [0.25, 0.3) is 0 Å². The van der Waals surface area contributed by atoms with E-state index >= 15 is 0 Å². The van der Waals surface area contributed by atoms with Crippen LogP contribution in [0.2, 0.25) is 0 Å². The van der Waals surface area contributed by atoms with Crippen LogP contribution in [0.5, 0.6) is 0 Å². The Kier molecular flexibility index (Phi) is 3.74. The highest BCUT2D eigenvalue weighted by Gasteiger charge is 2.19. The Morgan fingerprint density at radius 3 is 2.82 bits per heavy atom. The third kappa shape index (κ3) is 3.03. The first-order chi connectivity index (χ1) is 8.16. The number of halogens is 1. The Hall–Kier alpha value is -1.42. The monoisotopic (exact) mass is 237 g/mol. The minimum atomic E-state index is -0.422. The maximum Gasteiger partial charge on any atom is 0.165 e. The Morgan fingerprint density at radius 1 is 1.41 bits per heavy atom. The summed E-state index contributed by atoms with van der Waals surface area (Å²) >= 11 is 0. The zero-order valence-electron chi connectivity index (χ0n) is 9.62. The Labute approximate surface area is 99.8 Å². The molecule has 1 fully saturated rings. The number of carbonyl (C=O) groups is 1. The number of anilines is 1. The topological polar surface area (TPSA) is 52.3 Å². The number of nitrogens with two attached hydrogens (primary N) is 1. The van der Waals surface area contributed by atoms with Crippen molar-refractivity contribution in [1.29, 1.82) is 0 Å². The van der Waals surface area contributed by atoms with Crippen molar-refractivity contribution in [3.63, 3.8) is 0 Å². The van der Waals surface area contributed by atoms with Gasteiger partial charge in [-0.2, -0.15) is 0 Å². The van der Waals surface area contributed by atoms with Gasteiger partial charge in [0.1, 0.15) is 5.82 Å². The van der Waals surface area contributed by atoms with Crippen LogP contribution < -0.4 is 5.73 Å². The molecule has 0 unspecified atom stereocenters. The highest BCUT2D eigenvalue weighted by atomic mass is 19.1. The second kappa shape index (κ2) is 5.27. The van der Waals surface area contributed by atoms with E-state index in [1.54, 1.807) is 0 Å². The second-order valence-electron chi connectivity index (χ2n) is 4.41. The molecule has 1 saturated heterocycles. The smallest absolute Gasteiger partial charge is 0.165 e. The lowest BCUT2D eigenvalue weighted by Crippen LogP contribution is -2.19. The zero-order chi connectivity index (χ0) is 12.3. The van der Waals surface area contributed by atoms with Gasteiger partial charge < -0.3 is 10.5 Å². The minimum Gasteiger partial charge on any atom is -0.398 e. The van der Waals surface area contributed by atoms with Gasteiger partial charge in [0, 0.05) is 30.9 Å². The van der Waals surface area contributed by atoms with E-state index < -0.39 is 5.82 Å². The van der Waals surface area contributed by atoms with Crippen molar-refractivity contribution in [3.05, 3.63) is 29.6 Å². The van der Waals surface area contributed by atoms with Crippen LogP contribution in [-0.2, 0) is 4.74 Å². The van der Waals surface area contributed by atoms with E-state index in [2.05, 4.69) is 0 Å². The van der Waals surface area contributed by atoms with Gasteiger partial charge in [-0.05, 0) is 37.0 Å². The number of rotatable bonds is 3. The SMILES string of the molecule is Nc1ccc(F)cc1C(=O)CC1CCOCC1. The molecule has 0 amide bonds. The largest absolute Gasteiger partial charge is 0.398 e. The van der Waals surface area contributed by atoms with Crippen LogP contribution >= 0.6 is 0 Å². The molecule has 1 aromatic rings. The molecule has 0 saturated carbocycles. The fraction of sp³-hybridized carbons (Fsp3) is 0.462. The van der Waals surface area contributed by atoms with E-state index in [0.29, 0.717) is 36.8 Å². The van der Waals surface area contributed by atoms with Crippen molar-refractivity contribution in [1.82, 2.24) is 0 Å². The molecule has 1 heterocycles. The Balaban J connectivity index is 2.05. The van der Waals surface area contributed by atoms with Crippen LogP contribution in [0.4, 0.5) is 10.1 Å². The standard InChI is InChI=1S/C13H16FNO2/c14-10-1-2-12(15)11(8-10)13(16)7-9-3-5-17-6-4-9/h1-2,8-9H,3-7,15H2. The van der Waals surface area contributed by atoms with Gasteiger partial charge in [0.25, 0.3) is 0 Å². The average Bonchev–Trinajstić information content (AvgIpc) is 2.33. The van der Waals surface area contributed by atoms with Gasteiger partial charge in [-0.3, -0.25) is 4.79 Å². The van der Waals surface area contributed by atoms with Crippen LogP contribution in [-0.4, -0.2) is 19.0 Å². The fourth-order valence-electron chi connectivity index (χ4n) is 2.09. The van der Waals surface area contributed by atoms with Gasteiger partial charge in [0.15, 0.2) is 5.78 Å². The normalized spacial score (nSPS) is 17.0. The molecule has 0 aliphatic carbocycles. The summed E-state index contributed by atoms with van der Waals surface area (Å²) in [5.41, 5.74) is 6.34. The van der Waals surface area contributed by atoms with E-state index in [0.717, 1.165) is 12.8 Å². The lowest BCUT2D eigenvalue weighted by Gasteiger charge is -2.21. The summed E-state index contributed by atoms with van der Waals surface area (Å²) in [6.45, 7) is 1.41. The molecule has 0 atom stereocenters. The lowest BCUT2D eigenvalue weighted by atomic mass is 9.91. The second-order valence-corrected chi connectivity index (χ2v) is 4.41. The van der Waals surface area contributed by atoms with E-state index in [1.807, 2.05) is 0 Å². The predicted octanol–water partition coefficient (Wildman–Crippen LogP) is 2.41. The summed E-state index contributed by atoms with van der Waals surface area (Å²) in [5, 5.41) is 0. The molecule has 3 nitrogen and oxygen atoms in total. The van der Waals surface area contributed by atoms with Crippen LogP contribution in [0.3, 0.4) is 0 Å². The maximum absolute atomic E-state index is 13.1. The van der Waals surface area contributed by atoms with Gasteiger partial charge >= 0.3 is 0 Å². The van der Waals surface area contributed by atoms with E-state index in [4.69, 9.17) is 10.5 Å². The van der Waals surface area contributed by atoms with Crippen molar-refractivity contribution in [2.24, 2.45) is 5.92 Å². The van der Waals surface area contributed by atoms with Gasteiger partial charge in [-0.1, -0.05) is 0 Å². The minimum absolute atomic E-state index is 0.0751. The number of ether oxygens (including phenoxy) is 1. The van der Waals surface area contributed by atoms with E-state index in [1.165, 1.54) is 18.2 Å². The Bertz CT molecular complexity index is 414. The quantitative estimate of drug-likeness (QED) is 0.648. The maximum atomic E-state index is 13.1. The van der Waals surface area contributed by atoms with E-state index in [9.17, 15) is 9.18 Å². The van der Waals surface area contributed by atoms with Crippen LogP contribution in [0, 0.1) is 11.7 Å². The van der Waals surface area contributed by atoms with Crippen molar-refractivity contribution >= 4 is 11.5 Å². The van der Waals surface area contributed by atoms with Crippen molar-refractivity contribution in [2.45, 2.75) is 19.3 Å². The number of hydrogen-bond acceptors (Lipinski definition) is 3. The molecular formula is C13H16FNO2. The Morgan fingerprint density at radius 2 is 2.12 bits per heavy atom. The number of carbonyl (C=O) groups excluding carboxylic acids is 1. The van der Waals surface area contributed by atoms with Gasteiger partial charge in [-0.25, -0.2) is 4.39 Å². The molecule has 0 radical (unpaired) electrons. The average molecular weight is 237 g/mol. The van der Waals surface area contributed by atoms with Crippen LogP contribution in [0.15, 0.2) is 18.2 Å². The first-order valence-corrected chi connectivity index (χ1v) is 5.83. The molecule has 1 aliphatic rings. The van der Waals surface area contributed by atoms with Gasteiger partial charge in [0.2, 0.25) is 0 Å². The molecule has 0 aromatic heterocycles. The highest BCUT2D eigenvalue weighted by molar-refractivity contribution is 6.00. The van der Waals surface area contributed by atoms with Crippen molar-refractivity contribution < 1.29 is 13.9 Å². The summed E-state index contributed by atoms with van der Waals surface area (Å²) in [5.74, 6) is -0.164. The number of Topliss-reactive ketones (excluding diaryl/α,β-unsaturated/α-hetero) is 1. The molecule has 1 aliphatic heterocycles. The van der Waals surface area contributed by atoms with E-state index in [-0.39, 0.29) is 5.78 Å². The summed E-state index contributed by atoms with van der Waals surface area (Å²) in [6, 6.07) is 3.92. The number of hydrogen-bond donors (Lipinski definition) is 1. The molecule has 0 spiro atoms. The zero-order valence-corrected chi connectivity index (χ0v) is 9.62. The van der Waals surface area contributed by atoms with Gasteiger partial charge in [-0.15, -0.1) is 0 Å². The molecule has 0 bridgehead atoms. The van der Waals surface area contributed by atoms with Crippen molar-refractivity contribution in [3.8, 4) is 0 Å². The molecule has 1 aromatic carbocycles. The summed E-state index contributed by atoms with van der Waals surface area (Å²) < 4.78 is 18.3. The number of nitrogen functional groups attached to an aromatic ring is 1. The third-order valence-electron chi connectivity index (χ3n) is 3.13. The molecule has 2 rings (SSSR count). The lowest BCUT2D eigenvalue weighted by molar-refractivity contribution is 0.0601. The molecule has 2 N–H and O–H groups in total. The molecule has 17 heavy (non-hydrogen) atoms. The highest BCUT2D eigenvalue weighted by Crippen LogP contribution is 2.23. The molecule has 4 heteroatoms. The fourth-order valence-corrected chi connectivity index (χ4v) is 2.09.